The summed E-state index contributed by atoms with van der Waals surface area (Å²) in [6.07, 6.45) is -0.640. The van der Waals surface area contributed by atoms with Gasteiger partial charge in [0.1, 0.15) is 25.4 Å². The maximum atomic E-state index is 12.4. The highest BCUT2D eigenvalue weighted by Crippen LogP contribution is 2.39. The fourth-order valence-electron chi connectivity index (χ4n) is 4.16. The van der Waals surface area contributed by atoms with Crippen LogP contribution in [0.3, 0.4) is 0 Å². The molecule has 1 amide bonds. The molecule has 14 nitrogen and oxygen atoms in total. The van der Waals surface area contributed by atoms with Crippen LogP contribution < -0.4 is 5.32 Å². The van der Waals surface area contributed by atoms with Gasteiger partial charge in [-0.2, -0.15) is 0 Å². The summed E-state index contributed by atoms with van der Waals surface area (Å²) in [5.41, 5.74) is 0. The standard InChI is InChI=1S/C44H97NO13Si4/c1-41(2,3)59(13,14)55-30-25-48-33-38(34-49-26-31-56-60(15,16)42(4,5)6)52-29-24-51-37-40(46)45-21-22-47-23-28-53-39(36-54-58-62(19,20)44(10,11)12)35-50-27-32-57-61(17,18)43(7,8)9/h38-39H,21-37H2,1-20H3,(H,45,46). The van der Waals surface area contributed by atoms with E-state index in [1.807, 2.05) is 0 Å². The molecule has 0 aromatic rings. The number of carbonyl (C=O) groups excluding carboxylic acids is 1. The molecule has 0 radical (unpaired) electrons. The summed E-state index contributed by atoms with van der Waals surface area (Å²) in [7, 11) is -7.63. The Morgan fingerprint density at radius 2 is 0.758 bits per heavy atom. The Morgan fingerprint density at radius 1 is 0.419 bits per heavy atom. The molecule has 1 unspecified atom stereocenters. The first-order valence-corrected chi connectivity index (χ1v) is 34.5. The first-order valence-electron chi connectivity index (χ1n) is 22.9. The van der Waals surface area contributed by atoms with Crippen molar-refractivity contribution in [2.75, 3.05) is 112 Å². The Balaban J connectivity index is 4.66. The molecular weight excluding hydrogens is 863 g/mol. The molecule has 0 aliphatic rings. The lowest BCUT2D eigenvalue weighted by molar-refractivity contribution is -0.245. The molecule has 0 fully saturated rings. The average Bonchev–Trinajstić information content (AvgIpc) is 3.11. The van der Waals surface area contributed by atoms with Crippen molar-refractivity contribution >= 4 is 39.2 Å². The molecule has 0 aliphatic carbocycles. The maximum absolute atomic E-state index is 12.4. The number of ether oxygens (including phenoxy) is 7. The Morgan fingerprint density at radius 3 is 1.13 bits per heavy atom. The second kappa shape index (κ2) is 28.9. The van der Waals surface area contributed by atoms with Crippen LogP contribution in [0.4, 0.5) is 0 Å². The van der Waals surface area contributed by atoms with Gasteiger partial charge in [0.25, 0.3) is 0 Å². The molecule has 0 rings (SSSR count). The second-order valence-corrected chi connectivity index (χ2v) is 41.3. The highest BCUT2D eigenvalue weighted by Gasteiger charge is 2.40. The molecule has 0 aromatic carbocycles. The Hall–Kier alpha value is -0.142. The molecule has 0 spiro atoms. The van der Waals surface area contributed by atoms with Gasteiger partial charge in [-0.25, -0.2) is 4.89 Å². The van der Waals surface area contributed by atoms with Gasteiger partial charge >= 0.3 is 0 Å². The molecule has 1 N–H and O–H groups in total. The lowest BCUT2D eigenvalue weighted by atomic mass is 10.2. The van der Waals surface area contributed by atoms with E-state index in [0.29, 0.717) is 92.4 Å². The summed E-state index contributed by atoms with van der Waals surface area (Å²) in [4.78, 5) is 18.1. The molecule has 0 heterocycles. The van der Waals surface area contributed by atoms with Gasteiger partial charge in [0, 0.05) is 6.54 Å². The summed E-state index contributed by atoms with van der Waals surface area (Å²) >= 11 is 0. The van der Waals surface area contributed by atoms with Crippen molar-refractivity contribution < 1.29 is 60.7 Å². The zero-order valence-electron chi connectivity index (χ0n) is 43.5. The number of amides is 1. The summed E-state index contributed by atoms with van der Waals surface area (Å²) < 4.78 is 65.9. The van der Waals surface area contributed by atoms with E-state index in [9.17, 15) is 4.79 Å². The van der Waals surface area contributed by atoms with Crippen LogP contribution >= 0.6 is 0 Å². The van der Waals surface area contributed by atoms with Crippen molar-refractivity contribution in [1.29, 1.82) is 0 Å². The number of hydrogen-bond donors (Lipinski definition) is 1. The fraction of sp³-hybridized carbons (Fsp3) is 0.977. The van der Waals surface area contributed by atoms with Crippen LogP contribution in [-0.2, 0) is 60.7 Å². The molecular formula is C44H97NO13Si4. The molecule has 0 aliphatic heterocycles. The minimum atomic E-state index is -2.09. The summed E-state index contributed by atoms with van der Waals surface area (Å²) in [5.74, 6) is -0.231. The monoisotopic (exact) mass is 960 g/mol. The smallest absolute Gasteiger partial charge is 0.246 e. The van der Waals surface area contributed by atoms with Crippen molar-refractivity contribution in [1.82, 2.24) is 5.32 Å². The highest BCUT2D eigenvalue weighted by atomic mass is 28.4. The van der Waals surface area contributed by atoms with Gasteiger partial charge in [0.15, 0.2) is 25.0 Å². The third-order valence-corrected chi connectivity index (χ3v) is 30.5. The second-order valence-electron chi connectivity index (χ2n) is 22.2. The van der Waals surface area contributed by atoms with E-state index >= 15 is 0 Å². The molecule has 0 saturated heterocycles. The summed E-state index contributed by atoms with van der Waals surface area (Å²) in [6, 6.07) is 0. The van der Waals surface area contributed by atoms with E-state index in [4.69, 9.17) is 55.9 Å². The number of nitrogens with one attached hydrogen (secondary N) is 1. The Bertz CT molecular complexity index is 1150. The lowest BCUT2D eigenvalue weighted by Gasteiger charge is -2.36. The van der Waals surface area contributed by atoms with Crippen LogP contribution in [0.1, 0.15) is 83.1 Å². The predicted octanol–water partition coefficient (Wildman–Crippen LogP) is 8.97. The zero-order chi connectivity index (χ0) is 47.9. The third kappa shape index (κ3) is 26.9. The topological polar surface area (TPSA) is 140 Å². The highest BCUT2D eigenvalue weighted by molar-refractivity contribution is 6.75. The van der Waals surface area contributed by atoms with Crippen molar-refractivity contribution in [3.8, 4) is 0 Å². The molecule has 0 saturated carbocycles. The van der Waals surface area contributed by atoms with Crippen molar-refractivity contribution in [2.45, 2.75) is 168 Å². The average molecular weight is 961 g/mol. The van der Waals surface area contributed by atoms with Crippen LogP contribution in [0, 0.1) is 0 Å². The van der Waals surface area contributed by atoms with Gasteiger partial charge in [-0.15, -0.1) is 0 Å². The van der Waals surface area contributed by atoms with E-state index in [0.717, 1.165) is 0 Å². The Kier molecular flexibility index (Phi) is 28.8. The molecule has 0 bridgehead atoms. The van der Waals surface area contributed by atoms with Gasteiger partial charge in [-0.05, 0) is 72.5 Å². The minimum Gasteiger partial charge on any atom is -0.414 e. The first-order chi connectivity index (χ1) is 28.3. The van der Waals surface area contributed by atoms with Gasteiger partial charge in [0.2, 0.25) is 14.2 Å². The third-order valence-electron chi connectivity index (χ3n) is 12.7. The lowest BCUT2D eigenvalue weighted by Crippen LogP contribution is -2.42. The fourth-order valence-corrected chi connectivity index (χ4v) is 7.85. The van der Waals surface area contributed by atoms with Crippen LogP contribution in [0.15, 0.2) is 0 Å². The van der Waals surface area contributed by atoms with Crippen molar-refractivity contribution in [3.63, 3.8) is 0 Å². The quantitative estimate of drug-likeness (QED) is 0.0280. The van der Waals surface area contributed by atoms with Gasteiger partial charge in [-0.1, -0.05) is 83.1 Å². The van der Waals surface area contributed by atoms with Crippen molar-refractivity contribution in [3.05, 3.63) is 0 Å². The van der Waals surface area contributed by atoms with Crippen LogP contribution in [0.25, 0.3) is 0 Å². The van der Waals surface area contributed by atoms with E-state index in [2.05, 4.69) is 141 Å². The van der Waals surface area contributed by atoms with Gasteiger partial charge in [-0.3, -0.25) is 9.37 Å². The molecule has 18 heteroatoms. The van der Waals surface area contributed by atoms with E-state index in [1.54, 1.807) is 0 Å². The minimum absolute atomic E-state index is 0.0159. The van der Waals surface area contributed by atoms with E-state index in [1.165, 1.54) is 0 Å². The Labute approximate surface area is 383 Å². The molecule has 0 aromatic heterocycles. The van der Waals surface area contributed by atoms with E-state index < -0.39 is 33.3 Å². The predicted molar refractivity (Wildman–Crippen MR) is 260 cm³/mol. The van der Waals surface area contributed by atoms with Crippen LogP contribution in [0.5, 0.6) is 0 Å². The molecule has 1 atom stereocenters. The number of rotatable bonds is 35. The normalized spacial score (nSPS) is 14.5. The largest absolute Gasteiger partial charge is 0.414 e. The SMILES string of the molecule is CC(C)(C)[Si](C)(C)OCCOCC(COCCO[Si](C)(C)C(C)(C)C)OCCOCC(=O)NCCOCCOC(COCCO[Si](C)(C)C(C)(C)C)COO[Si](C)(C)C(C)(C)C. The van der Waals surface area contributed by atoms with Crippen molar-refractivity contribution in [2.24, 2.45) is 0 Å². The molecule has 372 valence electrons. The van der Waals surface area contributed by atoms with Gasteiger partial charge in [0.05, 0.1) is 92.5 Å². The maximum Gasteiger partial charge on any atom is 0.246 e. The zero-order valence-corrected chi connectivity index (χ0v) is 47.5. The molecule has 62 heavy (non-hydrogen) atoms. The van der Waals surface area contributed by atoms with Crippen LogP contribution in [-0.4, -0.2) is 164 Å². The summed E-state index contributed by atoms with van der Waals surface area (Å²) in [5, 5.41) is 3.25. The first kappa shape index (κ1) is 61.9. The van der Waals surface area contributed by atoms with E-state index in [-0.39, 0.29) is 58.1 Å². The summed E-state index contributed by atoms with van der Waals surface area (Å²) in [6.45, 7) is 50.3. The van der Waals surface area contributed by atoms with Gasteiger partial charge < -0.3 is 51.8 Å². The number of carbonyl (C=O) groups is 1. The number of hydrogen-bond acceptors (Lipinski definition) is 13. The van der Waals surface area contributed by atoms with Crippen LogP contribution in [0.2, 0.25) is 72.5 Å².